The van der Waals surface area contributed by atoms with E-state index in [-0.39, 0.29) is 5.78 Å². The molecule has 1 aromatic carbocycles. The number of anilines is 1. The van der Waals surface area contributed by atoms with Crippen LogP contribution in [0.4, 0.5) is 5.69 Å². The number of hydrogen-bond acceptors (Lipinski definition) is 2. The Balaban J connectivity index is 2.47. The largest absolute Gasteiger partial charge is 0.398 e. The first-order valence-electron chi connectivity index (χ1n) is 4.72. The molecule has 76 valence electrons. The summed E-state index contributed by atoms with van der Waals surface area (Å²) >= 11 is 0. The summed E-state index contributed by atoms with van der Waals surface area (Å²) in [5.74, 6) is -0.0440. The molecule has 2 rings (SSSR count). The molecule has 0 aliphatic carbocycles. The lowest BCUT2D eigenvalue weighted by Crippen LogP contribution is -2.05. The molecule has 0 bridgehead atoms. The van der Waals surface area contributed by atoms with E-state index in [1.807, 2.05) is 19.1 Å². The van der Waals surface area contributed by atoms with E-state index in [4.69, 9.17) is 5.73 Å². The van der Waals surface area contributed by atoms with Gasteiger partial charge in [0, 0.05) is 29.2 Å². The quantitative estimate of drug-likeness (QED) is 0.576. The van der Waals surface area contributed by atoms with Crippen molar-refractivity contribution in [3.05, 3.63) is 53.3 Å². The minimum Gasteiger partial charge on any atom is -0.398 e. The summed E-state index contributed by atoms with van der Waals surface area (Å²) < 4.78 is 0. The number of aryl methyl sites for hydroxylation is 1. The highest BCUT2D eigenvalue weighted by molar-refractivity contribution is 6.12. The van der Waals surface area contributed by atoms with E-state index in [1.54, 1.807) is 24.5 Å². The van der Waals surface area contributed by atoms with Gasteiger partial charge in [-0.2, -0.15) is 0 Å². The summed E-state index contributed by atoms with van der Waals surface area (Å²) in [7, 11) is 0. The van der Waals surface area contributed by atoms with Gasteiger partial charge in [-0.15, -0.1) is 0 Å². The van der Waals surface area contributed by atoms with Crippen molar-refractivity contribution in [3.8, 4) is 0 Å². The Labute approximate surface area is 87.9 Å². The number of aromatic amines is 1. The number of ketones is 1. The van der Waals surface area contributed by atoms with E-state index in [9.17, 15) is 4.79 Å². The number of aromatic nitrogens is 1. The van der Waals surface area contributed by atoms with Gasteiger partial charge in [0.1, 0.15) is 0 Å². The molecule has 3 N–H and O–H groups in total. The molecule has 0 saturated carbocycles. The maximum atomic E-state index is 12.0. The third kappa shape index (κ3) is 1.64. The third-order valence-electron chi connectivity index (χ3n) is 2.43. The van der Waals surface area contributed by atoms with Gasteiger partial charge in [-0.3, -0.25) is 4.79 Å². The lowest BCUT2D eigenvalue weighted by atomic mass is 10.0. The summed E-state index contributed by atoms with van der Waals surface area (Å²) in [5, 5.41) is 0. The first-order chi connectivity index (χ1) is 7.20. The summed E-state index contributed by atoms with van der Waals surface area (Å²) in [4.78, 5) is 14.8. The zero-order valence-electron chi connectivity index (χ0n) is 8.45. The summed E-state index contributed by atoms with van der Waals surface area (Å²) in [6.07, 6.45) is 3.39. The number of hydrogen-bond donors (Lipinski definition) is 2. The number of para-hydroxylation sites is 1. The second-order valence-electron chi connectivity index (χ2n) is 3.46. The Hall–Kier alpha value is -2.03. The average molecular weight is 200 g/mol. The van der Waals surface area contributed by atoms with E-state index < -0.39 is 0 Å². The molecule has 15 heavy (non-hydrogen) atoms. The van der Waals surface area contributed by atoms with Gasteiger partial charge < -0.3 is 10.7 Å². The molecular weight excluding hydrogens is 188 g/mol. The van der Waals surface area contributed by atoms with E-state index in [1.165, 1.54) is 0 Å². The molecule has 0 saturated heterocycles. The second kappa shape index (κ2) is 3.61. The molecule has 0 amide bonds. The van der Waals surface area contributed by atoms with Gasteiger partial charge in [0.05, 0.1) is 0 Å². The fraction of sp³-hybridized carbons (Fsp3) is 0.0833. The van der Waals surface area contributed by atoms with Crippen molar-refractivity contribution >= 4 is 11.5 Å². The van der Waals surface area contributed by atoms with Crippen molar-refractivity contribution in [2.45, 2.75) is 6.92 Å². The van der Waals surface area contributed by atoms with Crippen molar-refractivity contribution in [1.29, 1.82) is 0 Å². The number of nitrogens with one attached hydrogen (secondary N) is 1. The van der Waals surface area contributed by atoms with Crippen LogP contribution in [0.3, 0.4) is 0 Å². The van der Waals surface area contributed by atoms with E-state index in [2.05, 4.69) is 4.98 Å². The maximum Gasteiger partial charge on any atom is 0.196 e. The molecule has 0 radical (unpaired) electrons. The van der Waals surface area contributed by atoms with Crippen LogP contribution in [0.1, 0.15) is 21.5 Å². The molecule has 0 fully saturated rings. The minimum atomic E-state index is -0.0440. The lowest BCUT2D eigenvalue weighted by molar-refractivity contribution is 0.103. The fourth-order valence-electron chi connectivity index (χ4n) is 1.50. The van der Waals surface area contributed by atoms with Crippen LogP contribution >= 0.6 is 0 Å². The van der Waals surface area contributed by atoms with Crippen molar-refractivity contribution in [2.75, 3.05) is 5.73 Å². The number of benzene rings is 1. The van der Waals surface area contributed by atoms with Gasteiger partial charge in [0.15, 0.2) is 5.78 Å². The molecule has 0 aliphatic rings. The highest BCUT2D eigenvalue weighted by atomic mass is 16.1. The molecule has 3 nitrogen and oxygen atoms in total. The average Bonchev–Trinajstić information content (AvgIpc) is 2.74. The molecule has 1 heterocycles. The Morgan fingerprint density at radius 3 is 2.80 bits per heavy atom. The molecule has 0 atom stereocenters. The standard InChI is InChI=1S/C12H12N2O/c1-8-3-2-4-10(11(8)13)12(15)9-5-6-14-7-9/h2-7,14H,13H2,1H3. The van der Waals surface area contributed by atoms with E-state index in [0.29, 0.717) is 16.8 Å². The molecule has 0 aliphatic heterocycles. The number of rotatable bonds is 2. The summed E-state index contributed by atoms with van der Waals surface area (Å²) in [5.41, 5.74) is 8.54. The number of H-pyrrole nitrogens is 1. The molecule has 2 aromatic rings. The van der Waals surface area contributed by atoms with Crippen LogP contribution in [0.5, 0.6) is 0 Å². The van der Waals surface area contributed by atoms with Crippen molar-refractivity contribution in [3.63, 3.8) is 0 Å². The van der Waals surface area contributed by atoms with Gasteiger partial charge in [0.2, 0.25) is 0 Å². The first-order valence-corrected chi connectivity index (χ1v) is 4.72. The van der Waals surface area contributed by atoms with Crippen LogP contribution in [0.25, 0.3) is 0 Å². The highest BCUT2D eigenvalue weighted by Crippen LogP contribution is 2.19. The Bertz CT molecular complexity index is 486. The Morgan fingerprint density at radius 2 is 2.13 bits per heavy atom. The molecule has 3 heteroatoms. The highest BCUT2D eigenvalue weighted by Gasteiger charge is 2.12. The number of carbonyl (C=O) groups excluding carboxylic acids is 1. The smallest absolute Gasteiger partial charge is 0.196 e. The first kappa shape index (κ1) is 9.52. The maximum absolute atomic E-state index is 12.0. The van der Waals surface area contributed by atoms with Gasteiger partial charge in [0.25, 0.3) is 0 Å². The van der Waals surface area contributed by atoms with Crippen molar-refractivity contribution in [2.24, 2.45) is 0 Å². The van der Waals surface area contributed by atoms with Crippen LogP contribution < -0.4 is 5.73 Å². The van der Waals surface area contributed by atoms with E-state index >= 15 is 0 Å². The van der Waals surface area contributed by atoms with Gasteiger partial charge in [-0.25, -0.2) is 0 Å². The van der Waals surface area contributed by atoms with Crippen molar-refractivity contribution in [1.82, 2.24) is 4.98 Å². The molecule has 1 aromatic heterocycles. The molecular formula is C12H12N2O. The Morgan fingerprint density at radius 1 is 1.33 bits per heavy atom. The molecule has 0 spiro atoms. The van der Waals surface area contributed by atoms with Gasteiger partial charge in [-0.05, 0) is 24.6 Å². The number of carbonyl (C=O) groups is 1. The second-order valence-corrected chi connectivity index (χ2v) is 3.46. The summed E-state index contributed by atoms with van der Waals surface area (Å²) in [6.45, 7) is 1.89. The Kier molecular flexibility index (Phi) is 2.29. The fourth-order valence-corrected chi connectivity index (χ4v) is 1.50. The van der Waals surface area contributed by atoms with Crippen LogP contribution in [-0.2, 0) is 0 Å². The summed E-state index contributed by atoms with van der Waals surface area (Å²) in [6, 6.07) is 7.22. The van der Waals surface area contributed by atoms with Crippen LogP contribution in [0, 0.1) is 6.92 Å². The van der Waals surface area contributed by atoms with Crippen molar-refractivity contribution < 1.29 is 4.79 Å². The van der Waals surface area contributed by atoms with Gasteiger partial charge in [-0.1, -0.05) is 12.1 Å². The van der Waals surface area contributed by atoms with E-state index in [0.717, 1.165) is 5.56 Å². The number of nitrogens with two attached hydrogens (primary N) is 1. The zero-order chi connectivity index (χ0) is 10.8. The van der Waals surface area contributed by atoms with Crippen LogP contribution in [0.15, 0.2) is 36.7 Å². The third-order valence-corrected chi connectivity index (χ3v) is 2.43. The SMILES string of the molecule is Cc1cccc(C(=O)c2cc[nH]c2)c1N. The number of nitrogen functional groups attached to an aromatic ring is 1. The molecule has 0 unspecified atom stereocenters. The topological polar surface area (TPSA) is 58.9 Å². The van der Waals surface area contributed by atoms with Gasteiger partial charge >= 0.3 is 0 Å². The predicted molar refractivity (Wildman–Crippen MR) is 59.8 cm³/mol. The monoisotopic (exact) mass is 200 g/mol. The lowest BCUT2D eigenvalue weighted by Gasteiger charge is -2.05. The minimum absolute atomic E-state index is 0.0440. The van der Waals surface area contributed by atoms with Crippen LogP contribution in [-0.4, -0.2) is 10.8 Å². The zero-order valence-corrected chi connectivity index (χ0v) is 8.45. The normalized spacial score (nSPS) is 10.2. The van der Waals surface area contributed by atoms with Crippen LogP contribution in [0.2, 0.25) is 0 Å². The predicted octanol–water partition coefficient (Wildman–Crippen LogP) is 2.14.